The van der Waals surface area contributed by atoms with Gasteiger partial charge in [-0.3, -0.25) is 9.59 Å². The molecule has 3 aromatic carbocycles. The van der Waals surface area contributed by atoms with Crippen molar-refractivity contribution in [3.63, 3.8) is 0 Å². The molecule has 2 amide bonds. The Hall–Kier alpha value is -4.02. The maximum atomic E-state index is 12.4. The first-order valence-corrected chi connectivity index (χ1v) is 12.2. The molecule has 1 heterocycles. The minimum absolute atomic E-state index is 0.104. The Balaban J connectivity index is 1.39. The third kappa shape index (κ3) is 6.75. The SMILES string of the molecule is N#CC1=C(SCC(=O)NCc2ccccc2)NC(=O)C[C@@H]1c1ccc(OCc2ccccc2)cc1. The number of amides is 2. The highest BCUT2D eigenvalue weighted by molar-refractivity contribution is 8.03. The highest BCUT2D eigenvalue weighted by Gasteiger charge is 2.29. The fourth-order valence-electron chi connectivity index (χ4n) is 3.74. The van der Waals surface area contributed by atoms with E-state index in [1.165, 1.54) is 11.8 Å². The Morgan fingerprint density at radius 1 is 1.00 bits per heavy atom. The lowest BCUT2D eigenvalue weighted by molar-refractivity contribution is -0.121. The highest BCUT2D eigenvalue weighted by Crippen LogP contribution is 2.36. The summed E-state index contributed by atoms with van der Waals surface area (Å²) in [4.78, 5) is 24.7. The average Bonchev–Trinajstić information content (AvgIpc) is 2.90. The topological polar surface area (TPSA) is 91.2 Å². The summed E-state index contributed by atoms with van der Waals surface area (Å²) in [5, 5.41) is 15.9. The van der Waals surface area contributed by atoms with Gasteiger partial charge in [0.15, 0.2) is 0 Å². The number of allylic oxidation sites excluding steroid dienone is 1. The van der Waals surface area contributed by atoms with Gasteiger partial charge in [-0.25, -0.2) is 0 Å². The zero-order valence-corrected chi connectivity index (χ0v) is 19.9. The maximum Gasteiger partial charge on any atom is 0.230 e. The second kappa shape index (κ2) is 11.9. The van der Waals surface area contributed by atoms with E-state index in [1.54, 1.807) is 0 Å². The van der Waals surface area contributed by atoms with Crippen molar-refractivity contribution in [1.29, 1.82) is 5.26 Å². The fourth-order valence-corrected chi connectivity index (χ4v) is 4.65. The maximum absolute atomic E-state index is 12.4. The van der Waals surface area contributed by atoms with Crippen LogP contribution in [0.5, 0.6) is 5.75 Å². The molecule has 3 aromatic rings. The number of benzene rings is 3. The van der Waals surface area contributed by atoms with Gasteiger partial charge in [0, 0.05) is 18.9 Å². The highest BCUT2D eigenvalue weighted by atomic mass is 32.2. The van der Waals surface area contributed by atoms with Crippen LogP contribution in [0.15, 0.2) is 95.5 Å². The molecule has 0 radical (unpaired) electrons. The third-order valence-corrected chi connectivity index (χ3v) is 6.58. The molecule has 35 heavy (non-hydrogen) atoms. The van der Waals surface area contributed by atoms with Gasteiger partial charge in [0.05, 0.1) is 22.4 Å². The van der Waals surface area contributed by atoms with Crippen molar-refractivity contribution in [2.45, 2.75) is 25.5 Å². The number of hydrogen-bond acceptors (Lipinski definition) is 5. The minimum Gasteiger partial charge on any atom is -0.489 e. The minimum atomic E-state index is -0.369. The summed E-state index contributed by atoms with van der Waals surface area (Å²) >= 11 is 1.17. The van der Waals surface area contributed by atoms with Crippen molar-refractivity contribution in [2.24, 2.45) is 0 Å². The van der Waals surface area contributed by atoms with E-state index in [9.17, 15) is 14.9 Å². The average molecular weight is 484 g/mol. The lowest BCUT2D eigenvalue weighted by atomic mass is 9.87. The molecule has 2 N–H and O–H groups in total. The Morgan fingerprint density at radius 3 is 2.31 bits per heavy atom. The molecule has 4 rings (SSSR count). The van der Waals surface area contributed by atoms with Gasteiger partial charge in [0.2, 0.25) is 11.8 Å². The van der Waals surface area contributed by atoms with Crippen molar-refractivity contribution >= 4 is 23.6 Å². The summed E-state index contributed by atoms with van der Waals surface area (Å²) in [5.41, 5.74) is 3.40. The number of nitriles is 1. The van der Waals surface area contributed by atoms with Crippen LogP contribution in [-0.4, -0.2) is 17.6 Å². The van der Waals surface area contributed by atoms with Crippen molar-refractivity contribution < 1.29 is 14.3 Å². The van der Waals surface area contributed by atoms with E-state index in [1.807, 2.05) is 84.9 Å². The van der Waals surface area contributed by atoms with Gasteiger partial charge in [-0.05, 0) is 28.8 Å². The van der Waals surface area contributed by atoms with Crippen molar-refractivity contribution in [1.82, 2.24) is 10.6 Å². The van der Waals surface area contributed by atoms with Crippen LogP contribution >= 0.6 is 11.8 Å². The van der Waals surface area contributed by atoms with E-state index in [0.717, 1.165) is 16.7 Å². The molecule has 7 heteroatoms. The normalized spacial score (nSPS) is 15.2. The number of nitrogens with zero attached hydrogens (tertiary/aromatic N) is 1. The molecule has 0 saturated heterocycles. The van der Waals surface area contributed by atoms with Gasteiger partial charge < -0.3 is 15.4 Å². The van der Waals surface area contributed by atoms with Crippen molar-refractivity contribution in [2.75, 3.05) is 5.75 Å². The van der Waals surface area contributed by atoms with E-state index >= 15 is 0 Å². The summed E-state index contributed by atoms with van der Waals surface area (Å²) in [5.74, 6) is 0.106. The Bertz CT molecular complexity index is 1240. The monoisotopic (exact) mass is 483 g/mol. The molecule has 0 unspecified atom stereocenters. The first kappa shape index (κ1) is 24.1. The molecule has 0 bridgehead atoms. The number of carbonyl (C=O) groups excluding carboxylic acids is 2. The zero-order chi connectivity index (χ0) is 24.5. The lowest BCUT2D eigenvalue weighted by Crippen LogP contribution is -2.32. The number of hydrogen-bond donors (Lipinski definition) is 2. The van der Waals surface area contributed by atoms with Crippen LogP contribution in [0.3, 0.4) is 0 Å². The molecular weight excluding hydrogens is 458 g/mol. The first-order valence-electron chi connectivity index (χ1n) is 11.3. The van der Waals surface area contributed by atoms with Crippen LogP contribution in [-0.2, 0) is 22.7 Å². The van der Waals surface area contributed by atoms with E-state index in [-0.39, 0.29) is 29.9 Å². The molecule has 1 aliphatic heterocycles. The fraction of sp³-hybridized carbons (Fsp3) is 0.179. The van der Waals surface area contributed by atoms with Crippen LogP contribution in [0.1, 0.15) is 29.0 Å². The molecule has 0 spiro atoms. The van der Waals surface area contributed by atoms with Crippen molar-refractivity contribution in [3.8, 4) is 11.8 Å². The molecule has 176 valence electrons. The Morgan fingerprint density at radius 2 is 1.66 bits per heavy atom. The van der Waals surface area contributed by atoms with Gasteiger partial charge in [-0.2, -0.15) is 5.26 Å². The predicted octanol–water partition coefficient (Wildman–Crippen LogP) is 4.65. The number of nitrogens with one attached hydrogen (secondary N) is 2. The number of ether oxygens (including phenoxy) is 1. The van der Waals surface area contributed by atoms with Gasteiger partial charge in [0.25, 0.3) is 0 Å². The molecule has 6 nitrogen and oxygen atoms in total. The Labute approximate surface area is 209 Å². The first-order chi connectivity index (χ1) is 17.1. The summed E-state index contributed by atoms with van der Waals surface area (Å²) in [6, 6.07) is 29.2. The van der Waals surface area contributed by atoms with Crippen LogP contribution in [0.2, 0.25) is 0 Å². The smallest absolute Gasteiger partial charge is 0.230 e. The van der Waals surface area contributed by atoms with Gasteiger partial charge in [-0.1, -0.05) is 84.6 Å². The molecule has 0 aromatic heterocycles. The molecule has 1 aliphatic rings. The Kier molecular flexibility index (Phi) is 8.21. The van der Waals surface area contributed by atoms with Crippen LogP contribution < -0.4 is 15.4 Å². The largest absolute Gasteiger partial charge is 0.489 e. The van der Waals surface area contributed by atoms with E-state index in [4.69, 9.17) is 4.74 Å². The summed E-state index contributed by atoms with van der Waals surface area (Å²) in [6.07, 6.45) is 0.178. The summed E-state index contributed by atoms with van der Waals surface area (Å²) < 4.78 is 5.84. The van der Waals surface area contributed by atoms with Gasteiger partial charge in [0.1, 0.15) is 12.4 Å². The zero-order valence-electron chi connectivity index (χ0n) is 19.1. The standard InChI is InChI=1S/C28H25N3O3S/c29-16-25-24(22-11-13-23(14-12-22)34-18-21-9-5-2-6-10-21)15-26(32)31-28(25)35-19-27(33)30-17-20-7-3-1-4-8-20/h1-14,24H,15,17-19H2,(H,30,33)(H,31,32)/t24-/m1/s1. The molecule has 0 saturated carbocycles. The summed E-state index contributed by atoms with van der Waals surface area (Å²) in [6.45, 7) is 0.889. The van der Waals surface area contributed by atoms with Crippen LogP contribution in [0, 0.1) is 11.3 Å². The quantitative estimate of drug-likeness (QED) is 0.462. The predicted molar refractivity (Wildman–Crippen MR) is 136 cm³/mol. The van der Waals surface area contributed by atoms with Gasteiger partial charge in [-0.15, -0.1) is 0 Å². The summed E-state index contributed by atoms with van der Waals surface area (Å²) in [7, 11) is 0. The second-order valence-corrected chi connectivity index (χ2v) is 9.04. The third-order valence-electron chi connectivity index (χ3n) is 5.57. The van der Waals surface area contributed by atoms with Crippen LogP contribution in [0.4, 0.5) is 0 Å². The molecule has 0 aliphatic carbocycles. The van der Waals surface area contributed by atoms with Gasteiger partial charge >= 0.3 is 0 Å². The molecular formula is C28H25N3O3S. The van der Waals surface area contributed by atoms with E-state index in [0.29, 0.717) is 29.5 Å². The van der Waals surface area contributed by atoms with E-state index in [2.05, 4.69) is 16.7 Å². The lowest BCUT2D eigenvalue weighted by Gasteiger charge is -2.25. The van der Waals surface area contributed by atoms with Crippen molar-refractivity contribution in [3.05, 3.63) is 112 Å². The molecule has 1 atom stereocenters. The second-order valence-electron chi connectivity index (χ2n) is 8.05. The van der Waals surface area contributed by atoms with Crippen LogP contribution in [0.25, 0.3) is 0 Å². The number of thioether (sulfide) groups is 1. The number of rotatable bonds is 9. The van der Waals surface area contributed by atoms with E-state index < -0.39 is 0 Å². The molecule has 0 fully saturated rings. The number of carbonyl (C=O) groups is 2.